The van der Waals surface area contributed by atoms with E-state index in [0.29, 0.717) is 0 Å². The van der Waals surface area contributed by atoms with Crippen LogP contribution in [-0.2, 0) is 13.1 Å². The number of benzene rings is 2. The van der Waals surface area contributed by atoms with Crippen molar-refractivity contribution in [3.63, 3.8) is 0 Å². The van der Waals surface area contributed by atoms with Crippen molar-refractivity contribution in [2.75, 3.05) is 7.11 Å². The highest BCUT2D eigenvalue weighted by atomic mass is 79.9. The number of ether oxygens (including phenoxy) is 1. The Kier molecular flexibility index (Phi) is 4.32. The highest BCUT2D eigenvalue weighted by molar-refractivity contribution is 9.10. The third-order valence-corrected chi connectivity index (χ3v) is 4.79. The van der Waals surface area contributed by atoms with Crippen LogP contribution in [0.15, 0.2) is 59.2 Å². The fraction of sp³-hybridized carbons (Fsp3) is 0.150. The lowest BCUT2D eigenvalue weighted by atomic mass is 10.2. The molecule has 0 amide bonds. The second kappa shape index (κ2) is 6.76. The number of hydrogen-bond acceptors (Lipinski definition) is 3. The molecule has 1 aliphatic heterocycles. The molecular weight excluding hydrogens is 378 g/mol. The number of nitrogens with one attached hydrogen (secondary N) is 1. The first-order chi connectivity index (χ1) is 12.2. The molecule has 1 aliphatic rings. The largest absolute Gasteiger partial charge is 0.497 e. The zero-order chi connectivity index (χ0) is 17.2. The minimum Gasteiger partial charge on any atom is -0.497 e. The second-order valence-corrected chi connectivity index (χ2v) is 6.94. The molecule has 3 aromatic rings. The standard InChI is InChI=1S/C20H18BrN3O/c1-25-17-4-2-3-15(11-17)20-22-18-9-10-24(13-19(18)23-20)12-14-5-7-16(21)8-6-14/h2-11H,12-13H2,1H3,(H,22,23). The highest BCUT2D eigenvalue weighted by Crippen LogP contribution is 2.26. The summed E-state index contributed by atoms with van der Waals surface area (Å²) in [4.78, 5) is 10.5. The van der Waals surface area contributed by atoms with E-state index in [9.17, 15) is 0 Å². The molecule has 0 radical (unpaired) electrons. The maximum absolute atomic E-state index is 5.30. The number of H-pyrrole nitrogens is 1. The van der Waals surface area contributed by atoms with E-state index in [4.69, 9.17) is 9.72 Å². The van der Waals surface area contributed by atoms with Crippen LogP contribution >= 0.6 is 15.9 Å². The predicted molar refractivity (Wildman–Crippen MR) is 103 cm³/mol. The molecule has 0 saturated heterocycles. The van der Waals surface area contributed by atoms with Crippen LogP contribution in [0, 0.1) is 0 Å². The van der Waals surface area contributed by atoms with E-state index >= 15 is 0 Å². The maximum Gasteiger partial charge on any atom is 0.138 e. The number of halogens is 1. The van der Waals surface area contributed by atoms with Crippen LogP contribution in [0.5, 0.6) is 5.75 Å². The van der Waals surface area contributed by atoms with E-state index in [0.717, 1.165) is 46.1 Å². The smallest absolute Gasteiger partial charge is 0.138 e. The monoisotopic (exact) mass is 395 g/mol. The Bertz CT molecular complexity index is 915. The zero-order valence-corrected chi connectivity index (χ0v) is 15.5. The molecule has 1 aromatic heterocycles. The van der Waals surface area contributed by atoms with Crippen LogP contribution < -0.4 is 4.74 Å². The van der Waals surface area contributed by atoms with Crippen molar-refractivity contribution in [2.45, 2.75) is 13.1 Å². The van der Waals surface area contributed by atoms with Crippen LogP contribution in [0.25, 0.3) is 17.5 Å². The van der Waals surface area contributed by atoms with E-state index in [1.54, 1.807) is 7.11 Å². The summed E-state index contributed by atoms with van der Waals surface area (Å²) in [6.45, 7) is 1.69. The lowest BCUT2D eigenvalue weighted by Crippen LogP contribution is -2.19. The fourth-order valence-corrected chi connectivity index (χ4v) is 3.22. The van der Waals surface area contributed by atoms with Gasteiger partial charge in [-0.15, -0.1) is 0 Å². The number of aromatic nitrogens is 2. The SMILES string of the molecule is COc1cccc(-c2nc3c([nH]2)CN(Cc2ccc(Br)cc2)C=C3)c1. The van der Waals surface area contributed by atoms with E-state index in [1.165, 1.54) is 5.56 Å². The predicted octanol–water partition coefficient (Wildman–Crippen LogP) is 4.83. The van der Waals surface area contributed by atoms with Crippen molar-refractivity contribution in [1.82, 2.24) is 14.9 Å². The maximum atomic E-state index is 5.30. The third-order valence-electron chi connectivity index (χ3n) is 4.26. The minimum absolute atomic E-state index is 0.818. The zero-order valence-electron chi connectivity index (χ0n) is 13.9. The summed E-state index contributed by atoms with van der Waals surface area (Å²) >= 11 is 3.48. The summed E-state index contributed by atoms with van der Waals surface area (Å²) < 4.78 is 6.40. The van der Waals surface area contributed by atoms with Crippen molar-refractivity contribution in [3.05, 3.63) is 76.2 Å². The first-order valence-electron chi connectivity index (χ1n) is 8.11. The molecule has 2 aromatic carbocycles. The topological polar surface area (TPSA) is 41.1 Å². The van der Waals surface area contributed by atoms with Crippen molar-refractivity contribution < 1.29 is 4.74 Å². The number of rotatable bonds is 4. The Hall–Kier alpha value is -2.53. The molecule has 2 heterocycles. The number of nitrogens with zero attached hydrogens (tertiary/aromatic N) is 2. The van der Waals surface area contributed by atoms with Crippen LogP contribution in [0.2, 0.25) is 0 Å². The Morgan fingerprint density at radius 3 is 2.84 bits per heavy atom. The van der Waals surface area contributed by atoms with Crippen molar-refractivity contribution in [2.24, 2.45) is 0 Å². The summed E-state index contributed by atoms with van der Waals surface area (Å²) in [7, 11) is 1.68. The van der Waals surface area contributed by atoms with Gasteiger partial charge in [0.2, 0.25) is 0 Å². The Morgan fingerprint density at radius 1 is 1.20 bits per heavy atom. The molecule has 0 aliphatic carbocycles. The number of aromatic amines is 1. The van der Waals surface area contributed by atoms with Gasteiger partial charge in [-0.05, 0) is 35.9 Å². The number of methoxy groups -OCH3 is 1. The van der Waals surface area contributed by atoms with E-state index < -0.39 is 0 Å². The Labute approximate surface area is 155 Å². The van der Waals surface area contributed by atoms with Gasteiger partial charge in [0, 0.05) is 22.8 Å². The van der Waals surface area contributed by atoms with Gasteiger partial charge in [0.25, 0.3) is 0 Å². The molecule has 1 N–H and O–H groups in total. The molecule has 25 heavy (non-hydrogen) atoms. The number of fused-ring (bicyclic) bond motifs is 1. The van der Waals surface area contributed by atoms with Gasteiger partial charge in [-0.3, -0.25) is 0 Å². The molecule has 4 nitrogen and oxygen atoms in total. The van der Waals surface area contributed by atoms with Gasteiger partial charge < -0.3 is 14.6 Å². The van der Waals surface area contributed by atoms with Gasteiger partial charge in [0.05, 0.1) is 25.0 Å². The number of imidazole rings is 1. The molecule has 0 fully saturated rings. The summed E-state index contributed by atoms with van der Waals surface area (Å²) in [5, 5.41) is 0. The molecule has 126 valence electrons. The van der Waals surface area contributed by atoms with E-state index in [1.807, 2.05) is 24.3 Å². The normalized spacial score (nSPS) is 13.0. The van der Waals surface area contributed by atoms with Gasteiger partial charge in [0.1, 0.15) is 11.6 Å². The highest BCUT2D eigenvalue weighted by Gasteiger charge is 2.16. The van der Waals surface area contributed by atoms with Gasteiger partial charge in [-0.25, -0.2) is 4.98 Å². The third kappa shape index (κ3) is 3.46. The minimum atomic E-state index is 0.818. The molecule has 0 saturated carbocycles. The van der Waals surface area contributed by atoms with Gasteiger partial charge in [-0.1, -0.05) is 40.2 Å². The lowest BCUT2D eigenvalue weighted by molar-refractivity contribution is 0.355. The number of hydrogen-bond donors (Lipinski definition) is 1. The summed E-state index contributed by atoms with van der Waals surface area (Å²) in [6, 6.07) is 16.4. The Balaban J connectivity index is 1.53. The van der Waals surface area contributed by atoms with Crippen molar-refractivity contribution in [3.8, 4) is 17.1 Å². The van der Waals surface area contributed by atoms with Crippen LogP contribution in [-0.4, -0.2) is 22.0 Å². The average molecular weight is 396 g/mol. The Morgan fingerprint density at radius 2 is 2.04 bits per heavy atom. The summed E-state index contributed by atoms with van der Waals surface area (Å²) in [5.41, 5.74) is 4.45. The van der Waals surface area contributed by atoms with Crippen LogP contribution in [0.1, 0.15) is 17.0 Å². The fourth-order valence-electron chi connectivity index (χ4n) is 2.95. The lowest BCUT2D eigenvalue weighted by Gasteiger charge is -2.23. The molecule has 0 bridgehead atoms. The van der Waals surface area contributed by atoms with E-state index in [-0.39, 0.29) is 0 Å². The van der Waals surface area contributed by atoms with Gasteiger partial charge in [-0.2, -0.15) is 0 Å². The quantitative estimate of drug-likeness (QED) is 0.687. The summed E-state index contributed by atoms with van der Waals surface area (Å²) in [5.74, 6) is 1.71. The van der Waals surface area contributed by atoms with Crippen molar-refractivity contribution in [1.29, 1.82) is 0 Å². The van der Waals surface area contributed by atoms with E-state index in [2.05, 4.69) is 62.4 Å². The first-order valence-corrected chi connectivity index (χ1v) is 8.90. The molecule has 0 unspecified atom stereocenters. The van der Waals surface area contributed by atoms with Gasteiger partial charge >= 0.3 is 0 Å². The van der Waals surface area contributed by atoms with Gasteiger partial charge in [0.15, 0.2) is 0 Å². The molecule has 0 spiro atoms. The first kappa shape index (κ1) is 16.0. The molecular formula is C20H18BrN3O. The molecule has 5 heteroatoms. The van der Waals surface area contributed by atoms with Crippen molar-refractivity contribution >= 4 is 22.0 Å². The second-order valence-electron chi connectivity index (χ2n) is 6.03. The molecule has 0 atom stereocenters. The van der Waals surface area contributed by atoms with Crippen LogP contribution in [0.4, 0.5) is 0 Å². The average Bonchev–Trinajstić information content (AvgIpc) is 3.07. The van der Waals surface area contributed by atoms with Crippen LogP contribution in [0.3, 0.4) is 0 Å². The summed E-state index contributed by atoms with van der Waals surface area (Å²) in [6.07, 6.45) is 4.18. The molecule has 4 rings (SSSR count).